The molecule has 0 unspecified atom stereocenters. The third-order valence-corrected chi connectivity index (χ3v) is 4.95. The summed E-state index contributed by atoms with van der Waals surface area (Å²) in [7, 11) is -2.92. The van der Waals surface area contributed by atoms with Gasteiger partial charge in [-0.2, -0.15) is 0 Å². The number of sulfone groups is 1. The second kappa shape index (κ2) is 7.12. The van der Waals surface area contributed by atoms with Gasteiger partial charge in [-0.05, 0) is 25.0 Å². The summed E-state index contributed by atoms with van der Waals surface area (Å²) in [4.78, 5) is 0. The molecule has 0 aliphatic heterocycles. The standard InChI is InChI=1S/C13H20ClNO2S/c1-3-9-18(16,17)10-8-15-11(2)12-6-4-5-7-13(12)14/h4-7,11,15H,3,8-10H2,1-2H3/t11-/m1/s1. The molecule has 0 aliphatic carbocycles. The van der Waals surface area contributed by atoms with Gasteiger partial charge in [0.2, 0.25) is 0 Å². The number of hydrogen-bond donors (Lipinski definition) is 1. The van der Waals surface area contributed by atoms with Gasteiger partial charge in [0, 0.05) is 23.4 Å². The molecular weight excluding hydrogens is 270 g/mol. The Kier molecular flexibility index (Phi) is 6.12. The first kappa shape index (κ1) is 15.5. The Morgan fingerprint density at radius 3 is 2.56 bits per heavy atom. The van der Waals surface area contributed by atoms with Crippen LogP contribution in [0.15, 0.2) is 24.3 Å². The monoisotopic (exact) mass is 289 g/mol. The van der Waals surface area contributed by atoms with Crippen molar-refractivity contribution >= 4 is 21.4 Å². The zero-order chi connectivity index (χ0) is 13.6. The molecule has 0 aromatic heterocycles. The molecule has 1 aromatic carbocycles. The Balaban J connectivity index is 2.48. The van der Waals surface area contributed by atoms with Crippen LogP contribution in [0.1, 0.15) is 31.9 Å². The maximum absolute atomic E-state index is 11.5. The Hall–Kier alpha value is -0.580. The average Bonchev–Trinajstić information content (AvgIpc) is 2.29. The zero-order valence-electron chi connectivity index (χ0n) is 10.8. The zero-order valence-corrected chi connectivity index (χ0v) is 12.4. The van der Waals surface area contributed by atoms with Crippen LogP contribution in [0.4, 0.5) is 0 Å². The first-order chi connectivity index (χ1) is 8.46. The van der Waals surface area contributed by atoms with Crippen molar-refractivity contribution in [2.24, 2.45) is 0 Å². The van der Waals surface area contributed by atoms with Crippen LogP contribution in [0.25, 0.3) is 0 Å². The molecule has 3 nitrogen and oxygen atoms in total. The van der Waals surface area contributed by atoms with Crippen molar-refractivity contribution in [1.82, 2.24) is 5.32 Å². The van der Waals surface area contributed by atoms with Gasteiger partial charge in [0.25, 0.3) is 0 Å². The summed E-state index contributed by atoms with van der Waals surface area (Å²) in [6, 6.07) is 7.64. The molecule has 0 fully saturated rings. The fourth-order valence-corrected chi connectivity index (χ4v) is 3.33. The van der Waals surface area contributed by atoms with Crippen LogP contribution < -0.4 is 5.32 Å². The molecule has 0 radical (unpaired) electrons. The molecule has 1 rings (SSSR count). The van der Waals surface area contributed by atoms with Gasteiger partial charge in [-0.3, -0.25) is 0 Å². The normalized spacial score (nSPS) is 13.5. The smallest absolute Gasteiger partial charge is 0.151 e. The van der Waals surface area contributed by atoms with Crippen molar-refractivity contribution in [1.29, 1.82) is 0 Å². The Bertz CT molecular complexity index is 474. The van der Waals surface area contributed by atoms with Crippen molar-refractivity contribution < 1.29 is 8.42 Å². The molecule has 1 atom stereocenters. The molecule has 5 heteroatoms. The number of halogens is 1. The number of hydrogen-bond acceptors (Lipinski definition) is 3. The molecule has 18 heavy (non-hydrogen) atoms. The van der Waals surface area contributed by atoms with Gasteiger partial charge < -0.3 is 5.32 Å². The SMILES string of the molecule is CCCS(=O)(=O)CCN[C@H](C)c1ccccc1Cl. The molecule has 0 bridgehead atoms. The summed E-state index contributed by atoms with van der Waals surface area (Å²) in [6.45, 7) is 4.31. The van der Waals surface area contributed by atoms with E-state index < -0.39 is 9.84 Å². The number of benzene rings is 1. The summed E-state index contributed by atoms with van der Waals surface area (Å²) in [5.41, 5.74) is 0.993. The van der Waals surface area contributed by atoms with E-state index in [4.69, 9.17) is 11.6 Å². The highest BCUT2D eigenvalue weighted by Gasteiger charge is 2.12. The summed E-state index contributed by atoms with van der Waals surface area (Å²) < 4.78 is 23.1. The lowest BCUT2D eigenvalue weighted by Gasteiger charge is -2.15. The molecular formula is C13H20ClNO2S. The van der Waals surface area contributed by atoms with Crippen LogP contribution in [0.2, 0.25) is 5.02 Å². The maximum Gasteiger partial charge on any atom is 0.151 e. The Morgan fingerprint density at radius 1 is 1.28 bits per heavy atom. The van der Waals surface area contributed by atoms with E-state index in [0.29, 0.717) is 18.0 Å². The fraction of sp³-hybridized carbons (Fsp3) is 0.538. The van der Waals surface area contributed by atoms with Crippen molar-refractivity contribution in [2.45, 2.75) is 26.3 Å². The highest BCUT2D eigenvalue weighted by atomic mass is 35.5. The summed E-state index contributed by atoms with van der Waals surface area (Å²) in [5, 5.41) is 3.89. The van der Waals surface area contributed by atoms with E-state index >= 15 is 0 Å². The quantitative estimate of drug-likeness (QED) is 0.839. The van der Waals surface area contributed by atoms with E-state index in [-0.39, 0.29) is 17.5 Å². The maximum atomic E-state index is 11.5. The average molecular weight is 290 g/mol. The predicted octanol–water partition coefficient (Wildman–Crippen LogP) is 2.82. The van der Waals surface area contributed by atoms with Gasteiger partial charge in [-0.25, -0.2) is 8.42 Å². The lowest BCUT2D eigenvalue weighted by molar-refractivity contribution is 0.571. The van der Waals surface area contributed by atoms with Crippen molar-refractivity contribution in [2.75, 3.05) is 18.1 Å². The van der Waals surface area contributed by atoms with Gasteiger partial charge in [-0.1, -0.05) is 36.7 Å². The van der Waals surface area contributed by atoms with Gasteiger partial charge in [0.15, 0.2) is 9.84 Å². The topological polar surface area (TPSA) is 46.2 Å². The third kappa shape index (κ3) is 4.96. The number of rotatable bonds is 7. The van der Waals surface area contributed by atoms with E-state index in [0.717, 1.165) is 5.56 Å². The highest BCUT2D eigenvalue weighted by molar-refractivity contribution is 7.91. The molecule has 1 aromatic rings. The lowest BCUT2D eigenvalue weighted by Crippen LogP contribution is -2.26. The minimum Gasteiger partial charge on any atom is -0.309 e. The lowest BCUT2D eigenvalue weighted by atomic mass is 10.1. The summed E-state index contributed by atoms with van der Waals surface area (Å²) >= 11 is 6.08. The van der Waals surface area contributed by atoms with Crippen molar-refractivity contribution in [3.8, 4) is 0 Å². The Labute approximate surface area is 114 Å². The van der Waals surface area contributed by atoms with E-state index in [2.05, 4.69) is 5.32 Å². The first-order valence-electron chi connectivity index (χ1n) is 6.14. The predicted molar refractivity (Wildman–Crippen MR) is 76.8 cm³/mol. The first-order valence-corrected chi connectivity index (χ1v) is 8.34. The van der Waals surface area contributed by atoms with Gasteiger partial charge in [-0.15, -0.1) is 0 Å². The second-order valence-electron chi connectivity index (χ2n) is 4.35. The van der Waals surface area contributed by atoms with Crippen molar-refractivity contribution in [3.63, 3.8) is 0 Å². The van der Waals surface area contributed by atoms with Crippen LogP contribution in [0.3, 0.4) is 0 Å². The molecule has 0 heterocycles. The molecule has 0 saturated carbocycles. The fourth-order valence-electron chi connectivity index (χ4n) is 1.78. The van der Waals surface area contributed by atoms with E-state index in [1.807, 2.05) is 38.1 Å². The van der Waals surface area contributed by atoms with Crippen LogP contribution in [-0.2, 0) is 9.84 Å². The molecule has 1 N–H and O–H groups in total. The largest absolute Gasteiger partial charge is 0.309 e. The minimum atomic E-state index is -2.92. The molecule has 0 spiro atoms. The molecule has 0 saturated heterocycles. The van der Waals surface area contributed by atoms with Crippen LogP contribution in [0, 0.1) is 0 Å². The van der Waals surface area contributed by atoms with Crippen molar-refractivity contribution in [3.05, 3.63) is 34.9 Å². The molecule has 102 valence electrons. The van der Waals surface area contributed by atoms with E-state index in [1.54, 1.807) is 0 Å². The van der Waals surface area contributed by atoms with E-state index in [1.165, 1.54) is 0 Å². The highest BCUT2D eigenvalue weighted by Crippen LogP contribution is 2.21. The Morgan fingerprint density at radius 2 is 1.94 bits per heavy atom. The minimum absolute atomic E-state index is 0.0514. The van der Waals surface area contributed by atoms with Gasteiger partial charge in [0.05, 0.1) is 5.75 Å². The summed E-state index contributed by atoms with van der Waals surface area (Å²) in [5.74, 6) is 0.435. The van der Waals surface area contributed by atoms with Crippen LogP contribution >= 0.6 is 11.6 Å². The van der Waals surface area contributed by atoms with E-state index in [9.17, 15) is 8.42 Å². The summed E-state index contributed by atoms with van der Waals surface area (Å²) in [6.07, 6.45) is 0.669. The van der Waals surface area contributed by atoms with Crippen LogP contribution in [0.5, 0.6) is 0 Å². The molecule has 0 aliphatic rings. The third-order valence-electron chi connectivity index (χ3n) is 2.75. The number of nitrogens with one attached hydrogen (secondary N) is 1. The van der Waals surface area contributed by atoms with Crippen LogP contribution in [-0.4, -0.2) is 26.5 Å². The van der Waals surface area contributed by atoms with Gasteiger partial charge >= 0.3 is 0 Å². The molecule has 0 amide bonds. The second-order valence-corrected chi connectivity index (χ2v) is 7.06. The van der Waals surface area contributed by atoms with Gasteiger partial charge in [0.1, 0.15) is 0 Å².